The zero-order valence-electron chi connectivity index (χ0n) is 8.23. The fourth-order valence-corrected chi connectivity index (χ4v) is 1.95. The van der Waals surface area contributed by atoms with Crippen molar-refractivity contribution < 1.29 is 0 Å². The molecule has 5 heteroatoms. The van der Waals surface area contributed by atoms with E-state index in [1.54, 1.807) is 0 Å². The van der Waals surface area contributed by atoms with E-state index in [4.69, 9.17) is 0 Å². The molecule has 1 aromatic rings. The molecule has 76 valence electrons. The smallest absolute Gasteiger partial charge is 0.208 e. The SMILES string of the molecule is CSc1ncc(C2CCNCC2)nn1. The molecule has 1 aliphatic heterocycles. The molecule has 1 aliphatic rings. The quantitative estimate of drug-likeness (QED) is 0.740. The second-order valence-electron chi connectivity index (χ2n) is 3.39. The van der Waals surface area contributed by atoms with Gasteiger partial charge in [-0.2, -0.15) is 5.10 Å². The van der Waals surface area contributed by atoms with Crippen LogP contribution in [0, 0.1) is 0 Å². The molecule has 0 aliphatic carbocycles. The largest absolute Gasteiger partial charge is 0.317 e. The van der Waals surface area contributed by atoms with Crippen molar-refractivity contribution in [2.45, 2.75) is 23.9 Å². The minimum absolute atomic E-state index is 0.548. The predicted molar refractivity (Wildman–Crippen MR) is 56.5 cm³/mol. The first kappa shape index (κ1) is 9.86. The molecule has 0 atom stereocenters. The first-order chi connectivity index (χ1) is 6.90. The van der Waals surface area contributed by atoms with Gasteiger partial charge >= 0.3 is 0 Å². The molecule has 1 saturated heterocycles. The second kappa shape index (κ2) is 4.70. The van der Waals surface area contributed by atoms with Gasteiger partial charge in [0.2, 0.25) is 5.16 Å². The minimum Gasteiger partial charge on any atom is -0.317 e. The summed E-state index contributed by atoms with van der Waals surface area (Å²) in [6.45, 7) is 2.16. The van der Waals surface area contributed by atoms with Gasteiger partial charge in [0.25, 0.3) is 0 Å². The average Bonchev–Trinajstić information content (AvgIpc) is 2.30. The summed E-state index contributed by atoms with van der Waals surface area (Å²) in [6, 6.07) is 0. The summed E-state index contributed by atoms with van der Waals surface area (Å²) in [7, 11) is 0. The lowest BCUT2D eigenvalue weighted by molar-refractivity contribution is 0.447. The van der Waals surface area contributed by atoms with Gasteiger partial charge < -0.3 is 5.32 Å². The molecule has 0 spiro atoms. The van der Waals surface area contributed by atoms with Crippen LogP contribution in [0.25, 0.3) is 0 Å². The van der Waals surface area contributed by atoms with Crippen molar-refractivity contribution in [2.24, 2.45) is 0 Å². The number of nitrogens with zero attached hydrogens (tertiary/aromatic N) is 3. The Hall–Kier alpha value is -0.680. The van der Waals surface area contributed by atoms with E-state index in [9.17, 15) is 0 Å². The van der Waals surface area contributed by atoms with Crippen molar-refractivity contribution in [1.82, 2.24) is 20.5 Å². The Kier molecular flexibility index (Phi) is 3.31. The van der Waals surface area contributed by atoms with Gasteiger partial charge in [0, 0.05) is 5.92 Å². The summed E-state index contributed by atoms with van der Waals surface area (Å²) in [4.78, 5) is 4.24. The molecule has 2 rings (SSSR count). The number of thioether (sulfide) groups is 1. The Balaban J connectivity index is 2.07. The maximum atomic E-state index is 4.24. The highest BCUT2D eigenvalue weighted by Gasteiger charge is 2.16. The highest BCUT2D eigenvalue weighted by atomic mass is 32.2. The van der Waals surface area contributed by atoms with E-state index in [0.29, 0.717) is 5.92 Å². The van der Waals surface area contributed by atoms with Crippen LogP contribution in [-0.2, 0) is 0 Å². The summed E-state index contributed by atoms with van der Waals surface area (Å²) in [5.41, 5.74) is 1.05. The summed E-state index contributed by atoms with van der Waals surface area (Å²) in [6.07, 6.45) is 6.12. The van der Waals surface area contributed by atoms with Crippen LogP contribution in [-0.4, -0.2) is 34.5 Å². The normalized spacial score (nSPS) is 18.4. The van der Waals surface area contributed by atoms with Crippen molar-refractivity contribution >= 4 is 11.8 Å². The van der Waals surface area contributed by atoms with E-state index in [1.807, 2.05) is 12.5 Å². The molecular weight excluding hydrogens is 196 g/mol. The predicted octanol–water partition coefficient (Wildman–Crippen LogP) is 1.06. The van der Waals surface area contributed by atoms with E-state index in [0.717, 1.165) is 36.8 Å². The zero-order valence-corrected chi connectivity index (χ0v) is 9.05. The van der Waals surface area contributed by atoms with Gasteiger partial charge in [-0.05, 0) is 32.2 Å². The van der Waals surface area contributed by atoms with Crippen LogP contribution in [0.2, 0.25) is 0 Å². The fraction of sp³-hybridized carbons (Fsp3) is 0.667. The third-order valence-electron chi connectivity index (χ3n) is 2.50. The van der Waals surface area contributed by atoms with Crippen molar-refractivity contribution in [2.75, 3.05) is 19.3 Å². The van der Waals surface area contributed by atoms with Crippen LogP contribution in [0.4, 0.5) is 0 Å². The lowest BCUT2D eigenvalue weighted by atomic mass is 9.95. The molecule has 1 aromatic heterocycles. The standard InChI is InChI=1S/C9H14N4S/c1-14-9-11-6-8(12-13-9)7-2-4-10-5-3-7/h6-7,10H,2-5H2,1H3. The molecule has 4 nitrogen and oxygen atoms in total. The maximum absolute atomic E-state index is 4.24. The van der Waals surface area contributed by atoms with Gasteiger partial charge in [-0.15, -0.1) is 5.10 Å². The van der Waals surface area contributed by atoms with E-state index in [-0.39, 0.29) is 0 Å². The fourth-order valence-electron chi connectivity index (χ4n) is 1.67. The first-order valence-corrected chi connectivity index (χ1v) is 6.07. The topological polar surface area (TPSA) is 50.7 Å². The molecule has 0 aromatic carbocycles. The lowest BCUT2D eigenvalue weighted by Gasteiger charge is -2.21. The number of nitrogens with one attached hydrogen (secondary N) is 1. The molecule has 0 saturated carbocycles. The summed E-state index contributed by atoms with van der Waals surface area (Å²) in [5, 5.41) is 12.4. The van der Waals surface area contributed by atoms with E-state index < -0.39 is 0 Å². The average molecular weight is 210 g/mol. The number of hydrogen-bond donors (Lipinski definition) is 1. The van der Waals surface area contributed by atoms with Crippen molar-refractivity contribution in [1.29, 1.82) is 0 Å². The Morgan fingerprint density at radius 2 is 2.14 bits per heavy atom. The molecular formula is C9H14N4S. The Morgan fingerprint density at radius 1 is 1.36 bits per heavy atom. The molecule has 14 heavy (non-hydrogen) atoms. The van der Waals surface area contributed by atoms with E-state index in [2.05, 4.69) is 20.5 Å². The van der Waals surface area contributed by atoms with Crippen LogP contribution < -0.4 is 5.32 Å². The number of hydrogen-bond acceptors (Lipinski definition) is 5. The van der Waals surface area contributed by atoms with Crippen LogP contribution in [0.1, 0.15) is 24.5 Å². The second-order valence-corrected chi connectivity index (χ2v) is 4.17. The summed E-state index contributed by atoms with van der Waals surface area (Å²) in [5.74, 6) is 0.548. The van der Waals surface area contributed by atoms with Gasteiger partial charge in [0.05, 0.1) is 11.9 Å². The van der Waals surface area contributed by atoms with Gasteiger partial charge in [-0.3, -0.25) is 0 Å². The Labute approximate surface area is 87.9 Å². The molecule has 0 amide bonds. The highest BCUT2D eigenvalue weighted by Crippen LogP contribution is 2.22. The van der Waals surface area contributed by atoms with Gasteiger partial charge in [0.15, 0.2) is 0 Å². The van der Waals surface area contributed by atoms with Gasteiger partial charge in [-0.1, -0.05) is 11.8 Å². The lowest BCUT2D eigenvalue weighted by Crippen LogP contribution is -2.27. The number of rotatable bonds is 2. The van der Waals surface area contributed by atoms with Crippen LogP contribution in [0.15, 0.2) is 11.4 Å². The van der Waals surface area contributed by atoms with Crippen molar-refractivity contribution in [3.63, 3.8) is 0 Å². The van der Waals surface area contributed by atoms with Gasteiger partial charge in [0.1, 0.15) is 0 Å². The van der Waals surface area contributed by atoms with Crippen molar-refractivity contribution in [3.05, 3.63) is 11.9 Å². The monoisotopic (exact) mass is 210 g/mol. The number of piperidine rings is 1. The Morgan fingerprint density at radius 3 is 2.71 bits per heavy atom. The van der Waals surface area contributed by atoms with Crippen LogP contribution in [0.3, 0.4) is 0 Å². The third kappa shape index (κ3) is 2.22. The van der Waals surface area contributed by atoms with Crippen LogP contribution in [0.5, 0.6) is 0 Å². The first-order valence-electron chi connectivity index (χ1n) is 4.84. The molecule has 0 radical (unpaired) electrons. The molecule has 0 unspecified atom stereocenters. The minimum atomic E-state index is 0.548. The highest BCUT2D eigenvalue weighted by molar-refractivity contribution is 7.98. The molecule has 0 bridgehead atoms. The molecule has 2 heterocycles. The Bertz CT molecular complexity index is 281. The van der Waals surface area contributed by atoms with Crippen molar-refractivity contribution in [3.8, 4) is 0 Å². The number of aromatic nitrogens is 3. The zero-order chi connectivity index (χ0) is 9.80. The molecule has 1 N–H and O–H groups in total. The summed E-state index contributed by atoms with van der Waals surface area (Å²) < 4.78 is 0. The van der Waals surface area contributed by atoms with E-state index in [1.165, 1.54) is 11.8 Å². The van der Waals surface area contributed by atoms with Gasteiger partial charge in [-0.25, -0.2) is 4.98 Å². The van der Waals surface area contributed by atoms with E-state index >= 15 is 0 Å². The third-order valence-corrected chi connectivity index (χ3v) is 3.05. The summed E-state index contributed by atoms with van der Waals surface area (Å²) >= 11 is 1.53. The van der Waals surface area contributed by atoms with Crippen LogP contribution >= 0.6 is 11.8 Å². The molecule has 1 fully saturated rings. The maximum Gasteiger partial charge on any atom is 0.208 e.